The molecule has 0 fully saturated rings. The molecule has 2 aromatic rings. The first-order chi connectivity index (χ1) is 10.8. The first kappa shape index (κ1) is 17.1. The fraction of sp³-hybridized carbons (Fsp3) is 0.188. The quantitative estimate of drug-likeness (QED) is 0.883. The van der Waals surface area contributed by atoms with E-state index in [4.69, 9.17) is 11.6 Å². The number of amides is 1. The molecule has 0 saturated carbocycles. The van der Waals surface area contributed by atoms with Crippen LogP contribution >= 0.6 is 11.6 Å². The van der Waals surface area contributed by atoms with Crippen LogP contribution in [0.5, 0.6) is 5.75 Å². The number of nitrogens with one attached hydrogen (secondary N) is 1. The predicted molar refractivity (Wildman–Crippen MR) is 80.6 cm³/mol. The topological polar surface area (TPSA) is 38.3 Å². The molecule has 2 aromatic carbocycles. The van der Waals surface area contributed by atoms with Crippen molar-refractivity contribution in [2.45, 2.75) is 12.8 Å². The molecule has 122 valence electrons. The summed E-state index contributed by atoms with van der Waals surface area (Å²) < 4.78 is 39.9. The number of carbonyl (C=O) groups excluding carboxylic acids is 1. The monoisotopic (exact) mass is 343 g/mol. The molecule has 23 heavy (non-hydrogen) atoms. The van der Waals surface area contributed by atoms with E-state index in [-0.39, 0.29) is 17.2 Å². The van der Waals surface area contributed by atoms with E-state index in [1.165, 1.54) is 12.1 Å². The summed E-state index contributed by atoms with van der Waals surface area (Å²) in [5, 5.41) is 3.31. The average Bonchev–Trinajstić information content (AvgIpc) is 2.46. The zero-order valence-electron chi connectivity index (χ0n) is 11.9. The summed E-state index contributed by atoms with van der Waals surface area (Å²) >= 11 is 5.86. The molecule has 7 heteroatoms. The highest BCUT2D eigenvalue weighted by Crippen LogP contribution is 2.22. The summed E-state index contributed by atoms with van der Waals surface area (Å²) in [5.74, 6) is -0.737. The van der Waals surface area contributed by atoms with Crippen LogP contribution in [0, 0.1) is 0 Å². The average molecular weight is 344 g/mol. The van der Waals surface area contributed by atoms with Gasteiger partial charge in [-0.3, -0.25) is 4.79 Å². The second-order valence-electron chi connectivity index (χ2n) is 4.71. The van der Waals surface area contributed by atoms with Crippen molar-refractivity contribution in [2.24, 2.45) is 0 Å². The Morgan fingerprint density at radius 1 is 1.13 bits per heavy atom. The van der Waals surface area contributed by atoms with Crippen molar-refractivity contribution in [3.63, 3.8) is 0 Å². The van der Waals surface area contributed by atoms with E-state index in [2.05, 4.69) is 10.1 Å². The number of carbonyl (C=O) groups is 1. The van der Waals surface area contributed by atoms with Gasteiger partial charge in [0.1, 0.15) is 5.75 Å². The smallest absolute Gasteiger partial charge is 0.406 e. The van der Waals surface area contributed by atoms with Gasteiger partial charge >= 0.3 is 6.36 Å². The second-order valence-corrected chi connectivity index (χ2v) is 5.14. The molecule has 0 aromatic heterocycles. The van der Waals surface area contributed by atoms with E-state index < -0.39 is 6.36 Å². The number of ether oxygens (including phenoxy) is 1. The highest BCUT2D eigenvalue weighted by atomic mass is 35.5. The summed E-state index contributed by atoms with van der Waals surface area (Å²) in [5.41, 5.74) is 1.23. The molecular formula is C16H13ClF3NO2. The lowest BCUT2D eigenvalue weighted by molar-refractivity contribution is -0.274. The third-order valence-corrected chi connectivity index (χ3v) is 3.17. The van der Waals surface area contributed by atoms with Crippen molar-refractivity contribution in [3.05, 3.63) is 64.7 Å². The van der Waals surface area contributed by atoms with Crippen LogP contribution in [-0.2, 0) is 6.42 Å². The summed E-state index contributed by atoms with van der Waals surface area (Å²) in [6.45, 7) is 0.389. The Morgan fingerprint density at radius 3 is 2.43 bits per heavy atom. The van der Waals surface area contributed by atoms with Gasteiger partial charge in [0, 0.05) is 17.1 Å². The number of benzene rings is 2. The molecule has 0 saturated heterocycles. The lowest BCUT2D eigenvalue weighted by Gasteiger charge is -2.09. The first-order valence-electron chi connectivity index (χ1n) is 6.72. The highest BCUT2D eigenvalue weighted by Gasteiger charge is 2.31. The number of alkyl halides is 3. The predicted octanol–water partition coefficient (Wildman–Crippen LogP) is 4.21. The largest absolute Gasteiger partial charge is 0.573 e. The van der Waals surface area contributed by atoms with Gasteiger partial charge in [0.05, 0.1) is 0 Å². The summed E-state index contributed by atoms with van der Waals surface area (Å²) in [6.07, 6.45) is -4.15. The molecule has 3 nitrogen and oxygen atoms in total. The SMILES string of the molecule is O=C(NCCc1cccc(Cl)c1)c1ccc(OC(F)(F)F)cc1. The maximum Gasteiger partial charge on any atom is 0.573 e. The number of hydrogen-bond acceptors (Lipinski definition) is 2. The van der Waals surface area contributed by atoms with Gasteiger partial charge in [0.15, 0.2) is 0 Å². The highest BCUT2D eigenvalue weighted by molar-refractivity contribution is 6.30. The Hall–Kier alpha value is -2.21. The Balaban J connectivity index is 1.86. The molecule has 0 aliphatic carbocycles. The molecule has 0 unspecified atom stereocenters. The zero-order valence-corrected chi connectivity index (χ0v) is 12.6. The van der Waals surface area contributed by atoms with Crippen LogP contribution in [0.4, 0.5) is 13.2 Å². The summed E-state index contributed by atoms with van der Waals surface area (Å²) in [4.78, 5) is 11.9. The standard InChI is InChI=1S/C16H13ClF3NO2/c17-13-3-1-2-11(10-13)8-9-21-15(22)12-4-6-14(7-5-12)23-16(18,19)20/h1-7,10H,8-9H2,(H,21,22). The molecule has 0 atom stereocenters. The Labute approximate surface area is 136 Å². The maximum absolute atomic E-state index is 12.0. The van der Waals surface area contributed by atoms with Gasteiger partial charge in [-0.1, -0.05) is 23.7 Å². The van der Waals surface area contributed by atoms with Crippen LogP contribution in [0.15, 0.2) is 48.5 Å². The second kappa shape index (κ2) is 7.37. The van der Waals surface area contributed by atoms with Crippen molar-refractivity contribution in [1.29, 1.82) is 0 Å². The molecule has 1 amide bonds. The van der Waals surface area contributed by atoms with E-state index in [0.717, 1.165) is 17.7 Å². The molecule has 1 N–H and O–H groups in total. The summed E-state index contributed by atoms with van der Waals surface area (Å²) in [7, 11) is 0. The van der Waals surface area contributed by atoms with Gasteiger partial charge in [-0.15, -0.1) is 13.2 Å². The molecule has 0 aliphatic heterocycles. The van der Waals surface area contributed by atoms with Gasteiger partial charge in [-0.05, 0) is 48.4 Å². The van der Waals surface area contributed by atoms with E-state index >= 15 is 0 Å². The molecule has 0 heterocycles. The molecule has 0 spiro atoms. The van der Waals surface area contributed by atoms with Gasteiger partial charge in [0.25, 0.3) is 5.91 Å². The maximum atomic E-state index is 12.0. The van der Waals surface area contributed by atoms with Crippen LogP contribution in [0.25, 0.3) is 0 Å². The van der Waals surface area contributed by atoms with E-state index in [0.29, 0.717) is 18.0 Å². The van der Waals surface area contributed by atoms with E-state index in [1.54, 1.807) is 12.1 Å². The Bertz CT molecular complexity index is 672. The van der Waals surface area contributed by atoms with Gasteiger partial charge in [0.2, 0.25) is 0 Å². The van der Waals surface area contributed by atoms with Crippen LogP contribution < -0.4 is 10.1 Å². The third-order valence-electron chi connectivity index (χ3n) is 2.94. The molecule has 2 rings (SSSR count). The Kier molecular flexibility index (Phi) is 5.50. The molecular weight excluding hydrogens is 331 g/mol. The van der Waals surface area contributed by atoms with Crippen molar-refractivity contribution in [1.82, 2.24) is 5.32 Å². The minimum Gasteiger partial charge on any atom is -0.406 e. The van der Waals surface area contributed by atoms with E-state index in [1.807, 2.05) is 12.1 Å². The lowest BCUT2D eigenvalue weighted by Crippen LogP contribution is -2.25. The third kappa shape index (κ3) is 5.83. The van der Waals surface area contributed by atoms with Crippen molar-refractivity contribution in [2.75, 3.05) is 6.54 Å². The number of halogens is 4. The van der Waals surface area contributed by atoms with E-state index in [9.17, 15) is 18.0 Å². The molecule has 0 aliphatic rings. The van der Waals surface area contributed by atoms with Crippen LogP contribution in [0.2, 0.25) is 5.02 Å². The molecule has 0 radical (unpaired) electrons. The van der Waals surface area contributed by atoms with Crippen molar-refractivity contribution < 1.29 is 22.7 Å². The zero-order chi connectivity index (χ0) is 16.9. The molecule has 0 bridgehead atoms. The van der Waals surface area contributed by atoms with Crippen LogP contribution in [0.3, 0.4) is 0 Å². The minimum atomic E-state index is -4.75. The number of rotatable bonds is 5. The minimum absolute atomic E-state index is 0.255. The summed E-state index contributed by atoms with van der Waals surface area (Å²) in [6, 6.07) is 12.0. The van der Waals surface area contributed by atoms with Crippen LogP contribution in [0.1, 0.15) is 15.9 Å². The fourth-order valence-electron chi connectivity index (χ4n) is 1.92. The normalized spacial score (nSPS) is 11.1. The van der Waals surface area contributed by atoms with Crippen molar-refractivity contribution in [3.8, 4) is 5.75 Å². The Morgan fingerprint density at radius 2 is 1.83 bits per heavy atom. The van der Waals surface area contributed by atoms with Gasteiger partial charge in [-0.2, -0.15) is 0 Å². The van der Waals surface area contributed by atoms with Gasteiger partial charge < -0.3 is 10.1 Å². The first-order valence-corrected chi connectivity index (χ1v) is 7.10. The van der Waals surface area contributed by atoms with Gasteiger partial charge in [-0.25, -0.2) is 0 Å². The van der Waals surface area contributed by atoms with Crippen molar-refractivity contribution >= 4 is 17.5 Å². The lowest BCUT2D eigenvalue weighted by atomic mass is 10.1. The fourth-order valence-corrected chi connectivity index (χ4v) is 2.14. The van der Waals surface area contributed by atoms with Crippen LogP contribution in [-0.4, -0.2) is 18.8 Å². The number of hydrogen-bond donors (Lipinski definition) is 1.